The molecule has 0 bridgehead atoms. The summed E-state index contributed by atoms with van der Waals surface area (Å²) >= 11 is 0. The second-order valence-corrected chi connectivity index (χ2v) is 5.09. The summed E-state index contributed by atoms with van der Waals surface area (Å²) in [6.07, 6.45) is -1.84. The Balaban J connectivity index is 1.94. The number of benzene rings is 2. The number of carbonyl (C=O) groups is 1. The van der Waals surface area contributed by atoms with Crippen molar-refractivity contribution in [1.82, 2.24) is 0 Å². The maximum absolute atomic E-state index is 10.8. The third-order valence-electron chi connectivity index (χ3n) is 3.79. The van der Waals surface area contributed by atoms with E-state index in [4.69, 9.17) is 9.84 Å². The first-order chi connectivity index (χ1) is 11.0. The molecule has 1 aliphatic heterocycles. The average molecular weight is 315 g/mol. The number of nitro benzene ring substituents is 1. The number of epoxide rings is 1. The molecule has 1 heterocycles. The van der Waals surface area contributed by atoms with Gasteiger partial charge in [-0.2, -0.15) is 0 Å². The Hall–Kier alpha value is -2.93. The van der Waals surface area contributed by atoms with Gasteiger partial charge in [-0.3, -0.25) is 10.1 Å². The van der Waals surface area contributed by atoms with Gasteiger partial charge in [-0.05, 0) is 23.3 Å². The van der Waals surface area contributed by atoms with Gasteiger partial charge in [0.15, 0.2) is 0 Å². The third-order valence-corrected chi connectivity index (χ3v) is 3.79. The van der Waals surface area contributed by atoms with Gasteiger partial charge in [-0.1, -0.05) is 30.3 Å². The largest absolute Gasteiger partial charge is 0.505 e. The van der Waals surface area contributed by atoms with Crippen molar-refractivity contribution in [3.8, 4) is 0 Å². The molecule has 0 radical (unpaired) electrons. The van der Waals surface area contributed by atoms with E-state index in [2.05, 4.69) is 4.74 Å². The van der Waals surface area contributed by atoms with Crippen LogP contribution in [0.25, 0.3) is 0 Å². The van der Waals surface area contributed by atoms with Crippen LogP contribution in [-0.4, -0.2) is 28.9 Å². The molecule has 1 fully saturated rings. The molecule has 118 valence electrons. The minimum atomic E-state index is -1.37. The second-order valence-electron chi connectivity index (χ2n) is 5.09. The van der Waals surface area contributed by atoms with E-state index in [1.165, 1.54) is 12.1 Å². The highest BCUT2D eigenvalue weighted by Crippen LogP contribution is 2.51. The quantitative estimate of drug-likeness (QED) is 0.394. The molecule has 1 N–H and O–H groups in total. The van der Waals surface area contributed by atoms with Gasteiger partial charge < -0.3 is 14.6 Å². The monoisotopic (exact) mass is 315 g/mol. The van der Waals surface area contributed by atoms with Crippen molar-refractivity contribution < 1.29 is 24.3 Å². The van der Waals surface area contributed by atoms with Gasteiger partial charge in [0.05, 0.1) is 4.92 Å². The molecule has 1 saturated heterocycles. The molecule has 0 aromatic heterocycles. The summed E-state index contributed by atoms with van der Waals surface area (Å²) < 4.78 is 10.4. The molecule has 7 heteroatoms. The predicted octanol–water partition coefficient (Wildman–Crippen LogP) is 2.93. The summed E-state index contributed by atoms with van der Waals surface area (Å²) in [6.45, 7) is -0.110. The summed E-state index contributed by atoms with van der Waals surface area (Å²) in [6, 6.07) is 15.3. The standard InChI is InChI=1S/C16H13NO6/c18-15(19)22-10-14-16(23-14,11-4-2-1-3-5-11)12-6-8-13(9-7-12)17(20)21/h1-9,14H,10H2,(H,18,19). The normalized spacial score (nSPS) is 22.3. The number of non-ortho nitro benzene ring substituents is 1. The molecule has 0 amide bonds. The molecule has 2 aromatic rings. The van der Waals surface area contributed by atoms with Crippen molar-refractivity contribution in [3.05, 3.63) is 75.8 Å². The Morgan fingerprint density at radius 3 is 2.35 bits per heavy atom. The first-order valence-electron chi connectivity index (χ1n) is 6.88. The predicted molar refractivity (Wildman–Crippen MR) is 79.2 cm³/mol. The fraction of sp³-hybridized carbons (Fsp3) is 0.188. The van der Waals surface area contributed by atoms with Gasteiger partial charge >= 0.3 is 6.16 Å². The van der Waals surface area contributed by atoms with Crippen molar-refractivity contribution in [2.75, 3.05) is 6.61 Å². The lowest BCUT2D eigenvalue weighted by Gasteiger charge is -2.14. The molecule has 0 aliphatic carbocycles. The molecular formula is C16H13NO6. The summed E-state index contributed by atoms with van der Waals surface area (Å²) in [5.74, 6) is 0. The number of ether oxygens (including phenoxy) is 2. The molecule has 2 unspecified atom stereocenters. The van der Waals surface area contributed by atoms with E-state index in [1.807, 2.05) is 30.3 Å². The maximum Gasteiger partial charge on any atom is 0.505 e. The average Bonchev–Trinajstić information content (AvgIpc) is 3.29. The van der Waals surface area contributed by atoms with E-state index in [0.29, 0.717) is 5.56 Å². The zero-order valence-corrected chi connectivity index (χ0v) is 11.9. The SMILES string of the molecule is O=C(O)OCC1OC1(c1ccccc1)c1ccc([N+](=O)[O-])cc1. The molecule has 1 aliphatic rings. The molecule has 0 saturated carbocycles. The molecule has 3 rings (SSSR count). The van der Waals surface area contributed by atoms with E-state index in [0.717, 1.165) is 5.56 Å². The van der Waals surface area contributed by atoms with Crippen LogP contribution in [-0.2, 0) is 15.1 Å². The summed E-state index contributed by atoms with van der Waals surface area (Å²) in [5, 5.41) is 19.4. The van der Waals surface area contributed by atoms with Crippen LogP contribution in [0, 0.1) is 10.1 Å². The van der Waals surface area contributed by atoms with Crippen LogP contribution in [0.4, 0.5) is 10.5 Å². The van der Waals surface area contributed by atoms with Crippen LogP contribution >= 0.6 is 0 Å². The Morgan fingerprint density at radius 2 is 1.78 bits per heavy atom. The van der Waals surface area contributed by atoms with E-state index >= 15 is 0 Å². The Bertz CT molecular complexity index is 730. The van der Waals surface area contributed by atoms with Gasteiger partial charge in [0.2, 0.25) is 0 Å². The molecule has 2 aromatic carbocycles. The third kappa shape index (κ3) is 2.74. The molecule has 23 heavy (non-hydrogen) atoms. The van der Waals surface area contributed by atoms with Gasteiger partial charge in [0.1, 0.15) is 18.3 Å². The maximum atomic E-state index is 10.8. The highest BCUT2D eigenvalue weighted by atomic mass is 16.7. The number of nitro groups is 1. The first-order valence-corrected chi connectivity index (χ1v) is 6.88. The van der Waals surface area contributed by atoms with Crippen molar-refractivity contribution in [2.45, 2.75) is 11.7 Å². The molecule has 2 atom stereocenters. The minimum absolute atomic E-state index is 0.0176. The van der Waals surface area contributed by atoms with Crippen LogP contribution in [0.3, 0.4) is 0 Å². The zero-order chi connectivity index (χ0) is 16.4. The van der Waals surface area contributed by atoms with Crippen molar-refractivity contribution >= 4 is 11.8 Å². The fourth-order valence-electron chi connectivity index (χ4n) is 2.68. The summed E-state index contributed by atoms with van der Waals surface area (Å²) in [5.41, 5.74) is 0.698. The number of hydrogen-bond acceptors (Lipinski definition) is 5. The van der Waals surface area contributed by atoms with Crippen molar-refractivity contribution in [1.29, 1.82) is 0 Å². The van der Waals surface area contributed by atoms with Crippen LogP contribution in [0.1, 0.15) is 11.1 Å². The summed E-state index contributed by atoms with van der Waals surface area (Å²) in [4.78, 5) is 20.9. The van der Waals surface area contributed by atoms with E-state index in [1.54, 1.807) is 12.1 Å². The highest BCUT2D eigenvalue weighted by Gasteiger charge is 2.59. The fourth-order valence-corrected chi connectivity index (χ4v) is 2.68. The van der Waals surface area contributed by atoms with Gasteiger partial charge in [0, 0.05) is 12.1 Å². The topological polar surface area (TPSA) is 102 Å². The van der Waals surface area contributed by atoms with Gasteiger partial charge in [-0.25, -0.2) is 4.79 Å². The number of carboxylic acid groups (broad SMARTS) is 1. The first kappa shape index (κ1) is 15.0. The van der Waals surface area contributed by atoms with E-state index in [9.17, 15) is 14.9 Å². The van der Waals surface area contributed by atoms with Crippen LogP contribution < -0.4 is 0 Å². The Labute approximate surface area is 131 Å². The number of nitrogens with zero attached hydrogens (tertiary/aromatic N) is 1. The van der Waals surface area contributed by atoms with Crippen LogP contribution in [0.2, 0.25) is 0 Å². The molecular weight excluding hydrogens is 302 g/mol. The smallest absolute Gasteiger partial charge is 0.450 e. The van der Waals surface area contributed by atoms with Crippen LogP contribution in [0.5, 0.6) is 0 Å². The molecule has 7 nitrogen and oxygen atoms in total. The Kier molecular flexibility index (Phi) is 3.71. The number of rotatable bonds is 5. The lowest BCUT2D eigenvalue weighted by atomic mass is 9.88. The van der Waals surface area contributed by atoms with Gasteiger partial charge in [-0.15, -0.1) is 0 Å². The Morgan fingerprint density at radius 1 is 1.17 bits per heavy atom. The summed E-state index contributed by atoms with van der Waals surface area (Å²) in [7, 11) is 0. The van der Waals surface area contributed by atoms with Crippen molar-refractivity contribution in [2.24, 2.45) is 0 Å². The lowest BCUT2D eigenvalue weighted by molar-refractivity contribution is -0.384. The van der Waals surface area contributed by atoms with Crippen LogP contribution in [0.15, 0.2) is 54.6 Å². The zero-order valence-electron chi connectivity index (χ0n) is 11.9. The molecule has 0 spiro atoms. The van der Waals surface area contributed by atoms with E-state index < -0.39 is 22.8 Å². The van der Waals surface area contributed by atoms with Gasteiger partial charge in [0.25, 0.3) is 5.69 Å². The lowest BCUT2D eigenvalue weighted by Crippen LogP contribution is -2.19. The van der Waals surface area contributed by atoms with E-state index in [-0.39, 0.29) is 12.3 Å². The second kappa shape index (κ2) is 5.69. The minimum Gasteiger partial charge on any atom is -0.450 e. The van der Waals surface area contributed by atoms with Crippen molar-refractivity contribution in [3.63, 3.8) is 0 Å². The highest BCUT2D eigenvalue weighted by molar-refractivity contribution is 5.57. The number of hydrogen-bond donors (Lipinski definition) is 1.